The minimum absolute atomic E-state index is 0.461. The third kappa shape index (κ3) is 6.60. The van der Waals surface area contributed by atoms with Gasteiger partial charge in [-0.05, 0) is 0 Å². The second kappa shape index (κ2) is 8.76. The van der Waals surface area contributed by atoms with Crippen molar-refractivity contribution in [1.29, 1.82) is 0 Å². The van der Waals surface area contributed by atoms with Gasteiger partial charge in [-0.15, -0.1) is 0 Å². The van der Waals surface area contributed by atoms with E-state index in [0.717, 1.165) is 6.21 Å². The van der Waals surface area contributed by atoms with E-state index >= 15 is 0 Å². The van der Waals surface area contributed by atoms with E-state index in [2.05, 4.69) is 10.2 Å². The molecule has 0 saturated carbocycles. The largest absolute Gasteiger partial charge is 0.394 e. The number of aliphatic hydroxyl groups is 4. The van der Waals surface area contributed by atoms with Crippen LogP contribution in [0.1, 0.15) is 0 Å². The maximum Gasteiger partial charge on any atom is 0.332 e. The average molecular weight is 292 g/mol. The molecule has 0 radical (unpaired) electrons. The van der Waals surface area contributed by atoms with E-state index in [1.807, 2.05) is 0 Å². The first-order valence-corrected chi connectivity index (χ1v) is 5.16. The number of aliphatic hydroxyl groups excluding tert-OH is 4. The quantitative estimate of drug-likeness (QED) is 0.171. The Morgan fingerprint density at radius 2 is 1.70 bits per heavy atom. The van der Waals surface area contributed by atoms with Gasteiger partial charge < -0.3 is 31.9 Å². The van der Waals surface area contributed by atoms with Crippen molar-refractivity contribution in [3.8, 4) is 0 Å². The molecule has 0 aromatic rings. The number of hydrazone groups is 2. The van der Waals surface area contributed by atoms with E-state index in [0.29, 0.717) is 0 Å². The van der Waals surface area contributed by atoms with Crippen molar-refractivity contribution in [1.82, 2.24) is 10.9 Å². The molecule has 4 amide bonds. The first-order valence-electron chi connectivity index (χ1n) is 5.16. The molecule has 0 aliphatic heterocycles. The van der Waals surface area contributed by atoms with E-state index in [9.17, 15) is 24.9 Å². The molecule has 0 aliphatic carbocycles. The molecule has 0 spiro atoms. The van der Waals surface area contributed by atoms with Crippen LogP contribution in [0.2, 0.25) is 0 Å². The summed E-state index contributed by atoms with van der Waals surface area (Å²) in [6, 6.07) is -2.07. The second-order valence-corrected chi connectivity index (χ2v) is 3.43. The molecule has 12 nitrogen and oxygen atoms in total. The Labute approximate surface area is 112 Å². The van der Waals surface area contributed by atoms with Crippen LogP contribution in [0.15, 0.2) is 10.2 Å². The van der Waals surface area contributed by atoms with Gasteiger partial charge in [0, 0.05) is 0 Å². The van der Waals surface area contributed by atoms with Gasteiger partial charge in [-0.3, -0.25) is 0 Å². The van der Waals surface area contributed by atoms with Crippen molar-refractivity contribution in [2.75, 3.05) is 6.61 Å². The van der Waals surface area contributed by atoms with Crippen LogP contribution in [0.3, 0.4) is 0 Å². The summed E-state index contributed by atoms with van der Waals surface area (Å²) in [5.41, 5.74) is 12.6. The maximum absolute atomic E-state index is 10.5. The Bertz CT molecular complexity index is 399. The average Bonchev–Trinajstić information content (AvgIpc) is 2.39. The highest BCUT2D eigenvalue weighted by Gasteiger charge is 2.28. The zero-order chi connectivity index (χ0) is 15.7. The molecule has 0 rings (SSSR count). The summed E-state index contributed by atoms with van der Waals surface area (Å²) >= 11 is 0. The standard InChI is InChI=1S/C8H16N6O6/c9-7(19)13-11-1-3(12-14-8(10)20)5(17)6(18)4(16)2-15/h1,4-6,15-18H,2H2,(H3,9,13,19)(H3,10,14,20)/t4-,5-,6+/m0/s1. The molecule has 3 atom stereocenters. The minimum atomic E-state index is -1.83. The van der Waals surface area contributed by atoms with Gasteiger partial charge in [-0.2, -0.15) is 10.2 Å². The number of nitrogens with zero attached hydrogens (tertiary/aromatic N) is 2. The summed E-state index contributed by atoms with van der Waals surface area (Å²) in [6.07, 6.45) is -4.57. The second-order valence-electron chi connectivity index (χ2n) is 3.43. The lowest BCUT2D eigenvalue weighted by atomic mass is 10.0. The minimum Gasteiger partial charge on any atom is -0.394 e. The van der Waals surface area contributed by atoms with Gasteiger partial charge in [-0.1, -0.05) is 0 Å². The fourth-order valence-corrected chi connectivity index (χ4v) is 0.946. The molecule has 0 fully saturated rings. The Balaban J connectivity index is 5.00. The molecule has 0 saturated heterocycles. The van der Waals surface area contributed by atoms with Crippen LogP contribution in [-0.4, -0.2) is 69.3 Å². The van der Waals surface area contributed by atoms with Crippen LogP contribution in [0.25, 0.3) is 0 Å². The lowest BCUT2D eigenvalue weighted by molar-refractivity contribution is -0.0549. The summed E-state index contributed by atoms with van der Waals surface area (Å²) in [7, 11) is 0. The molecular formula is C8H16N6O6. The summed E-state index contributed by atoms with van der Waals surface area (Å²) in [6.45, 7) is -0.828. The van der Waals surface area contributed by atoms with E-state index < -0.39 is 42.7 Å². The number of urea groups is 2. The predicted molar refractivity (Wildman–Crippen MR) is 66.5 cm³/mol. The van der Waals surface area contributed by atoms with E-state index in [1.165, 1.54) is 0 Å². The van der Waals surface area contributed by atoms with Gasteiger partial charge in [0.2, 0.25) is 0 Å². The molecule has 20 heavy (non-hydrogen) atoms. The number of carbonyl (C=O) groups is 2. The number of primary amides is 2. The number of carbonyl (C=O) groups excluding carboxylic acids is 2. The normalized spacial score (nSPS) is 16.5. The molecule has 0 aromatic carbocycles. The number of hydrogen-bond acceptors (Lipinski definition) is 8. The lowest BCUT2D eigenvalue weighted by Crippen LogP contribution is -2.45. The third-order valence-electron chi connectivity index (χ3n) is 1.87. The van der Waals surface area contributed by atoms with Crippen LogP contribution in [0.5, 0.6) is 0 Å². The van der Waals surface area contributed by atoms with Crippen LogP contribution in [0.4, 0.5) is 9.59 Å². The Hall–Kier alpha value is -2.28. The topological polar surface area (TPSA) is 216 Å². The molecule has 12 heteroatoms. The highest BCUT2D eigenvalue weighted by atomic mass is 16.4. The maximum atomic E-state index is 10.5. The number of nitrogens with two attached hydrogens (primary N) is 2. The van der Waals surface area contributed by atoms with Crippen LogP contribution < -0.4 is 22.3 Å². The van der Waals surface area contributed by atoms with E-state index in [-0.39, 0.29) is 0 Å². The van der Waals surface area contributed by atoms with Crippen LogP contribution in [-0.2, 0) is 0 Å². The van der Waals surface area contributed by atoms with Gasteiger partial charge in [0.15, 0.2) is 0 Å². The Morgan fingerprint density at radius 1 is 1.15 bits per heavy atom. The Kier molecular flexibility index (Phi) is 7.76. The van der Waals surface area contributed by atoms with Gasteiger partial charge in [0.05, 0.1) is 12.8 Å². The first-order chi connectivity index (χ1) is 9.29. The molecule has 10 N–H and O–H groups in total. The fraction of sp³-hybridized carbons (Fsp3) is 0.500. The zero-order valence-electron chi connectivity index (χ0n) is 10.2. The van der Waals surface area contributed by atoms with Crippen molar-refractivity contribution in [2.24, 2.45) is 21.7 Å². The molecule has 0 unspecified atom stereocenters. The monoisotopic (exact) mass is 292 g/mol. The number of rotatable bonds is 7. The summed E-state index contributed by atoms with van der Waals surface area (Å²) in [5, 5.41) is 43.5. The molecule has 114 valence electrons. The summed E-state index contributed by atoms with van der Waals surface area (Å²) in [4.78, 5) is 20.9. The third-order valence-corrected chi connectivity index (χ3v) is 1.87. The van der Waals surface area contributed by atoms with Crippen molar-refractivity contribution in [2.45, 2.75) is 18.3 Å². The van der Waals surface area contributed by atoms with Crippen LogP contribution >= 0.6 is 0 Å². The highest BCUT2D eigenvalue weighted by molar-refractivity contribution is 6.32. The van der Waals surface area contributed by atoms with Gasteiger partial charge in [-0.25, -0.2) is 20.4 Å². The highest BCUT2D eigenvalue weighted by Crippen LogP contribution is 2.01. The van der Waals surface area contributed by atoms with Crippen molar-refractivity contribution in [3.05, 3.63) is 0 Å². The Morgan fingerprint density at radius 3 is 2.15 bits per heavy atom. The molecule has 0 aliphatic rings. The molecule has 0 heterocycles. The van der Waals surface area contributed by atoms with Gasteiger partial charge >= 0.3 is 12.1 Å². The first kappa shape index (κ1) is 17.7. The summed E-state index contributed by atoms with van der Waals surface area (Å²) < 4.78 is 0. The van der Waals surface area contributed by atoms with Crippen molar-refractivity contribution < 1.29 is 30.0 Å². The lowest BCUT2D eigenvalue weighted by Gasteiger charge is -2.21. The fourth-order valence-electron chi connectivity index (χ4n) is 0.946. The van der Waals surface area contributed by atoms with Crippen LogP contribution in [0, 0.1) is 0 Å². The van der Waals surface area contributed by atoms with E-state index in [4.69, 9.17) is 16.6 Å². The number of hydrogen-bond donors (Lipinski definition) is 8. The molecular weight excluding hydrogens is 276 g/mol. The van der Waals surface area contributed by atoms with E-state index in [1.54, 1.807) is 10.9 Å². The molecule has 0 bridgehead atoms. The SMILES string of the molecule is NC(=O)NN=CC(=NNC(N)=O)[C@H](O)[C@H](O)[C@@H](O)CO. The zero-order valence-corrected chi connectivity index (χ0v) is 10.2. The van der Waals surface area contributed by atoms with Crippen molar-refractivity contribution in [3.63, 3.8) is 0 Å². The summed E-state index contributed by atoms with van der Waals surface area (Å²) in [5.74, 6) is 0. The predicted octanol–water partition coefficient (Wildman–Crippen LogP) is -4.26. The number of amides is 4. The number of nitrogens with one attached hydrogen (secondary N) is 2. The molecule has 0 aromatic heterocycles. The van der Waals surface area contributed by atoms with Crippen molar-refractivity contribution >= 4 is 24.0 Å². The van der Waals surface area contributed by atoms with Gasteiger partial charge in [0.1, 0.15) is 24.0 Å². The van der Waals surface area contributed by atoms with Gasteiger partial charge in [0.25, 0.3) is 0 Å². The smallest absolute Gasteiger partial charge is 0.332 e.